The number of pyridine rings is 1. The van der Waals surface area contributed by atoms with Crippen LogP contribution in [0.25, 0.3) is 16.7 Å². The van der Waals surface area contributed by atoms with E-state index >= 15 is 0 Å². The number of hydrogen-bond donors (Lipinski definition) is 3. The minimum absolute atomic E-state index is 0.207. The summed E-state index contributed by atoms with van der Waals surface area (Å²) in [5.41, 5.74) is 6.25. The highest BCUT2D eigenvalue weighted by molar-refractivity contribution is 5.99. The highest BCUT2D eigenvalue weighted by Gasteiger charge is 2.38. The molecule has 144 valence electrons. The number of likely N-dealkylation sites (N-methyl/N-ethyl adjacent to an activating group) is 1. The largest absolute Gasteiger partial charge is 0.381 e. The van der Waals surface area contributed by atoms with Crippen LogP contribution in [0.2, 0.25) is 0 Å². The van der Waals surface area contributed by atoms with Gasteiger partial charge in [-0.3, -0.25) is 19.8 Å². The maximum atomic E-state index is 12.2. The van der Waals surface area contributed by atoms with E-state index in [-0.39, 0.29) is 5.91 Å². The number of aryl methyl sites for hydroxylation is 2. The molecule has 8 nitrogen and oxygen atoms in total. The minimum Gasteiger partial charge on any atom is -0.381 e. The first-order chi connectivity index (χ1) is 12.9. The van der Waals surface area contributed by atoms with Gasteiger partial charge < -0.3 is 10.6 Å². The molecule has 1 amide bonds. The van der Waals surface area contributed by atoms with Gasteiger partial charge in [-0.2, -0.15) is 5.10 Å². The van der Waals surface area contributed by atoms with Crippen LogP contribution in [0.1, 0.15) is 43.9 Å². The molecule has 27 heavy (non-hydrogen) atoms. The third kappa shape index (κ3) is 2.93. The van der Waals surface area contributed by atoms with Crippen LogP contribution < -0.4 is 16.1 Å². The zero-order valence-electron chi connectivity index (χ0n) is 16.2. The van der Waals surface area contributed by atoms with E-state index in [9.17, 15) is 4.79 Å². The van der Waals surface area contributed by atoms with Crippen LogP contribution in [0.3, 0.4) is 0 Å². The Balaban J connectivity index is 1.84. The first-order valence-electron chi connectivity index (χ1n) is 9.41. The molecular formula is C19H26N6O2. The maximum absolute atomic E-state index is 12.2. The number of carbonyl (C=O) groups excluding carboxylic acids is 1. The monoisotopic (exact) mass is 370 g/mol. The Morgan fingerprint density at radius 1 is 1.41 bits per heavy atom. The lowest BCUT2D eigenvalue weighted by Crippen LogP contribution is -2.42. The van der Waals surface area contributed by atoms with Gasteiger partial charge in [-0.05, 0) is 32.8 Å². The lowest BCUT2D eigenvalue weighted by Gasteiger charge is -2.19. The number of aromatic nitrogens is 3. The summed E-state index contributed by atoms with van der Waals surface area (Å²) < 4.78 is 1.80. The van der Waals surface area contributed by atoms with Crippen LogP contribution in [-0.4, -0.2) is 39.4 Å². The number of nitrogens with one attached hydrogen (secondary N) is 3. The van der Waals surface area contributed by atoms with Crippen molar-refractivity contribution in [1.29, 1.82) is 0 Å². The van der Waals surface area contributed by atoms with Crippen LogP contribution >= 0.6 is 0 Å². The Kier molecular flexibility index (Phi) is 4.30. The van der Waals surface area contributed by atoms with E-state index in [2.05, 4.69) is 26.2 Å². The first kappa shape index (κ1) is 17.8. The molecule has 1 saturated carbocycles. The molecule has 1 fully saturated rings. The fourth-order valence-electron chi connectivity index (χ4n) is 4.03. The van der Waals surface area contributed by atoms with Gasteiger partial charge in [-0.1, -0.05) is 12.8 Å². The van der Waals surface area contributed by atoms with Crippen LogP contribution in [0.15, 0.2) is 12.3 Å². The van der Waals surface area contributed by atoms with Crippen LogP contribution in [0.4, 0.5) is 5.69 Å². The maximum Gasteiger partial charge on any atom is 0.258 e. The number of hydroxylamine groups is 1. The molecule has 0 aromatic carbocycles. The molecule has 1 aliphatic carbocycles. The van der Waals surface area contributed by atoms with E-state index in [4.69, 9.17) is 4.84 Å². The third-order valence-corrected chi connectivity index (χ3v) is 5.49. The summed E-state index contributed by atoms with van der Waals surface area (Å²) in [5.74, 6) is -0.207. The van der Waals surface area contributed by atoms with E-state index in [1.165, 1.54) is 12.8 Å². The van der Waals surface area contributed by atoms with Gasteiger partial charge >= 0.3 is 0 Å². The van der Waals surface area contributed by atoms with Crippen molar-refractivity contribution in [2.45, 2.75) is 51.2 Å². The van der Waals surface area contributed by atoms with Crippen LogP contribution in [-0.2, 0) is 16.7 Å². The van der Waals surface area contributed by atoms with Crippen LogP contribution in [0, 0.1) is 6.92 Å². The van der Waals surface area contributed by atoms with E-state index in [0.29, 0.717) is 6.04 Å². The van der Waals surface area contributed by atoms with Crippen molar-refractivity contribution in [2.75, 3.05) is 12.4 Å². The standard InChI is InChI=1S/C19H26N6O2/c1-11-15-16(22-12-7-5-6-8-12)13(10-21-17(15)25(4)23-11)14-9-19(2,27-24-14)18(26)20-3/h9-10,12,24H,5-8H2,1-4H3,(H,20,26)(H,21,22). The Labute approximate surface area is 158 Å². The van der Waals surface area contributed by atoms with Crippen molar-refractivity contribution in [3.63, 3.8) is 0 Å². The summed E-state index contributed by atoms with van der Waals surface area (Å²) in [7, 11) is 3.50. The smallest absolute Gasteiger partial charge is 0.258 e. The average Bonchev–Trinajstić information content (AvgIpc) is 3.36. The van der Waals surface area contributed by atoms with Crippen molar-refractivity contribution < 1.29 is 9.63 Å². The third-order valence-electron chi connectivity index (χ3n) is 5.49. The van der Waals surface area contributed by atoms with E-state index < -0.39 is 5.60 Å². The quantitative estimate of drug-likeness (QED) is 0.762. The van der Waals surface area contributed by atoms with E-state index in [1.54, 1.807) is 24.7 Å². The van der Waals surface area contributed by atoms with Gasteiger partial charge in [0.05, 0.1) is 22.5 Å². The molecule has 0 radical (unpaired) electrons. The van der Waals surface area contributed by atoms with Crippen molar-refractivity contribution in [2.24, 2.45) is 7.05 Å². The Bertz CT molecular complexity index is 928. The fourth-order valence-corrected chi connectivity index (χ4v) is 4.03. The molecule has 1 atom stereocenters. The number of nitrogens with zero attached hydrogens (tertiary/aromatic N) is 3. The molecule has 3 heterocycles. The van der Waals surface area contributed by atoms with Crippen molar-refractivity contribution in [1.82, 2.24) is 25.6 Å². The van der Waals surface area contributed by atoms with E-state index in [1.807, 2.05) is 20.2 Å². The molecule has 3 N–H and O–H groups in total. The summed E-state index contributed by atoms with van der Waals surface area (Å²) in [6.07, 6.45) is 8.42. The van der Waals surface area contributed by atoms with Gasteiger partial charge in [0.2, 0.25) is 0 Å². The predicted octanol–water partition coefficient (Wildman–Crippen LogP) is 2.01. The SMILES string of the molecule is CNC(=O)C1(C)C=C(c2cnc3c(c(C)nn3C)c2NC2CCCC2)NO1. The number of hydrogen-bond acceptors (Lipinski definition) is 6. The second-order valence-corrected chi connectivity index (χ2v) is 7.53. The summed E-state index contributed by atoms with van der Waals surface area (Å²) in [6.45, 7) is 3.73. The molecule has 2 aromatic rings. The number of rotatable bonds is 4. The zero-order chi connectivity index (χ0) is 19.2. The van der Waals surface area contributed by atoms with Gasteiger partial charge in [0.1, 0.15) is 0 Å². The number of fused-ring (bicyclic) bond motifs is 1. The number of amides is 1. The summed E-state index contributed by atoms with van der Waals surface area (Å²) in [6, 6.07) is 0.433. The molecule has 8 heteroatoms. The van der Waals surface area contributed by atoms with Crippen molar-refractivity contribution >= 4 is 28.3 Å². The molecule has 1 aliphatic heterocycles. The second kappa shape index (κ2) is 6.53. The predicted molar refractivity (Wildman–Crippen MR) is 104 cm³/mol. The second-order valence-electron chi connectivity index (χ2n) is 7.53. The van der Waals surface area contributed by atoms with Gasteiger partial charge in [-0.25, -0.2) is 4.98 Å². The van der Waals surface area contributed by atoms with Crippen molar-refractivity contribution in [3.8, 4) is 0 Å². The molecule has 2 aromatic heterocycles. The highest BCUT2D eigenvalue weighted by atomic mass is 16.7. The zero-order valence-corrected chi connectivity index (χ0v) is 16.2. The number of anilines is 1. The average molecular weight is 370 g/mol. The summed E-state index contributed by atoms with van der Waals surface area (Å²) in [4.78, 5) is 22.4. The van der Waals surface area contributed by atoms with Gasteiger partial charge in [0.15, 0.2) is 11.2 Å². The molecule has 0 bridgehead atoms. The normalized spacial score (nSPS) is 22.7. The molecule has 4 rings (SSSR count). The minimum atomic E-state index is -1.06. The lowest BCUT2D eigenvalue weighted by atomic mass is 10.0. The molecule has 2 aliphatic rings. The van der Waals surface area contributed by atoms with Gasteiger partial charge in [0, 0.05) is 31.9 Å². The summed E-state index contributed by atoms with van der Waals surface area (Å²) in [5, 5.41) is 11.9. The molecule has 0 saturated heterocycles. The van der Waals surface area contributed by atoms with Crippen LogP contribution in [0.5, 0.6) is 0 Å². The Hall–Kier alpha value is -2.61. The molecule has 0 spiro atoms. The topological polar surface area (TPSA) is 93.1 Å². The number of carbonyl (C=O) groups is 1. The van der Waals surface area contributed by atoms with Gasteiger partial charge in [0.25, 0.3) is 5.91 Å². The Morgan fingerprint density at radius 3 is 2.85 bits per heavy atom. The first-order valence-corrected chi connectivity index (χ1v) is 9.41. The highest BCUT2D eigenvalue weighted by Crippen LogP contribution is 2.37. The molecular weight excluding hydrogens is 344 g/mol. The molecule has 1 unspecified atom stereocenters. The fraction of sp³-hybridized carbons (Fsp3) is 0.526. The lowest BCUT2D eigenvalue weighted by molar-refractivity contribution is -0.140. The Morgan fingerprint density at radius 2 is 2.15 bits per heavy atom. The van der Waals surface area contributed by atoms with Gasteiger partial charge in [-0.15, -0.1) is 0 Å². The van der Waals surface area contributed by atoms with Crippen molar-refractivity contribution in [3.05, 3.63) is 23.5 Å². The summed E-state index contributed by atoms with van der Waals surface area (Å²) >= 11 is 0. The van der Waals surface area contributed by atoms with E-state index in [0.717, 1.165) is 46.5 Å².